The minimum Gasteiger partial charge on any atom is -0.369 e. The number of imide groups is 1. The first-order chi connectivity index (χ1) is 14.0. The highest BCUT2D eigenvalue weighted by Crippen LogP contribution is 2.19. The van der Waals surface area contributed by atoms with Gasteiger partial charge in [-0.1, -0.05) is 48.5 Å². The number of rotatable bonds is 4. The molecule has 144 valence electrons. The van der Waals surface area contributed by atoms with E-state index >= 15 is 0 Å². The number of nitrogens with zero attached hydrogens (tertiary/aromatic N) is 2. The Bertz CT molecular complexity index is 1030. The molecule has 0 aliphatic heterocycles. The van der Waals surface area contributed by atoms with E-state index in [1.165, 1.54) is 12.1 Å². The number of carbonyl (C=O) groups is 3. The Morgan fingerprint density at radius 2 is 1.10 bits per heavy atom. The van der Waals surface area contributed by atoms with Gasteiger partial charge in [-0.3, -0.25) is 14.4 Å². The maximum atomic E-state index is 13.1. The Morgan fingerprint density at radius 1 is 0.655 bits per heavy atom. The van der Waals surface area contributed by atoms with Gasteiger partial charge in [0.1, 0.15) is 0 Å². The lowest BCUT2D eigenvalue weighted by Gasteiger charge is -2.20. The molecule has 0 bridgehead atoms. The minimum absolute atomic E-state index is 0.120. The van der Waals surface area contributed by atoms with Crippen LogP contribution in [0.15, 0.2) is 89.9 Å². The lowest BCUT2D eigenvalue weighted by molar-refractivity contribution is 0.0711. The molecule has 4 N–H and O–H groups in total. The van der Waals surface area contributed by atoms with Crippen molar-refractivity contribution in [1.29, 1.82) is 0 Å². The molecule has 0 heterocycles. The van der Waals surface area contributed by atoms with E-state index in [1.807, 2.05) is 0 Å². The molecule has 3 aromatic carbocycles. The number of primary amides is 1. The van der Waals surface area contributed by atoms with Crippen molar-refractivity contribution in [2.45, 2.75) is 0 Å². The quantitative estimate of drug-likeness (QED) is 0.407. The number of aliphatic imine (C=N–C) groups is 1. The van der Waals surface area contributed by atoms with E-state index in [4.69, 9.17) is 11.5 Å². The third kappa shape index (κ3) is 4.36. The van der Waals surface area contributed by atoms with Crippen molar-refractivity contribution in [2.75, 3.05) is 0 Å². The average Bonchev–Trinajstić information content (AvgIpc) is 2.75. The maximum absolute atomic E-state index is 13.1. The van der Waals surface area contributed by atoms with Gasteiger partial charge in [0.2, 0.25) is 5.96 Å². The number of hydrogen-bond acceptors (Lipinski definition) is 4. The van der Waals surface area contributed by atoms with E-state index in [0.717, 1.165) is 4.90 Å². The molecule has 0 saturated heterocycles. The first-order valence-electron chi connectivity index (χ1n) is 8.71. The zero-order valence-electron chi connectivity index (χ0n) is 15.4. The highest BCUT2D eigenvalue weighted by molar-refractivity contribution is 6.21. The summed E-state index contributed by atoms with van der Waals surface area (Å²) in [7, 11) is 0. The smallest absolute Gasteiger partial charge is 0.267 e. The molecule has 7 nitrogen and oxygen atoms in total. The number of nitrogens with two attached hydrogens (primary N) is 2. The first-order valence-corrected chi connectivity index (χ1v) is 8.71. The molecule has 0 aliphatic rings. The Hall–Kier alpha value is -4.26. The van der Waals surface area contributed by atoms with Gasteiger partial charge in [-0.15, -0.1) is 0 Å². The molecule has 0 unspecified atom stereocenters. The van der Waals surface area contributed by atoms with Crippen LogP contribution in [0.3, 0.4) is 0 Å². The number of carbonyl (C=O) groups excluding carboxylic acids is 3. The minimum atomic E-state index is -0.701. The van der Waals surface area contributed by atoms with E-state index < -0.39 is 17.7 Å². The molecule has 0 aromatic heterocycles. The summed E-state index contributed by atoms with van der Waals surface area (Å²) in [5.74, 6) is -2.36. The molecule has 7 heteroatoms. The van der Waals surface area contributed by atoms with E-state index in [2.05, 4.69) is 4.99 Å². The van der Waals surface area contributed by atoms with Crippen molar-refractivity contribution in [3.8, 4) is 0 Å². The summed E-state index contributed by atoms with van der Waals surface area (Å²) in [6, 6.07) is 22.7. The Kier molecular flexibility index (Phi) is 5.80. The van der Waals surface area contributed by atoms with Gasteiger partial charge in [-0.2, -0.15) is 0 Å². The second-order valence-corrected chi connectivity index (χ2v) is 6.03. The van der Waals surface area contributed by atoms with Crippen LogP contribution in [0.4, 0.5) is 5.69 Å². The summed E-state index contributed by atoms with van der Waals surface area (Å²) in [4.78, 5) is 42.7. The second-order valence-electron chi connectivity index (χ2n) is 6.03. The molecule has 3 aromatic rings. The summed E-state index contributed by atoms with van der Waals surface area (Å²) in [6.07, 6.45) is 0. The maximum Gasteiger partial charge on any atom is 0.267 e. The third-order valence-electron chi connectivity index (χ3n) is 4.08. The van der Waals surface area contributed by atoms with Gasteiger partial charge in [0.25, 0.3) is 17.7 Å². The van der Waals surface area contributed by atoms with Crippen molar-refractivity contribution >= 4 is 29.4 Å². The molecule has 0 aliphatic carbocycles. The SMILES string of the molecule is NC(=O)c1ccccc1N=C(N)N(C(=O)c1ccccc1)C(=O)c1ccccc1. The van der Waals surface area contributed by atoms with E-state index in [0.29, 0.717) is 0 Å². The predicted octanol–water partition coefficient (Wildman–Crippen LogP) is 2.71. The van der Waals surface area contributed by atoms with Crippen molar-refractivity contribution < 1.29 is 14.4 Å². The van der Waals surface area contributed by atoms with Gasteiger partial charge >= 0.3 is 0 Å². The fourth-order valence-electron chi connectivity index (χ4n) is 2.67. The van der Waals surface area contributed by atoms with Gasteiger partial charge in [-0.05, 0) is 36.4 Å². The Balaban J connectivity index is 2.09. The van der Waals surface area contributed by atoms with Crippen LogP contribution in [0.1, 0.15) is 31.1 Å². The molecule has 0 fully saturated rings. The Morgan fingerprint density at radius 3 is 1.59 bits per heavy atom. The number of guanidine groups is 1. The first kappa shape index (κ1) is 19.5. The molecule has 0 spiro atoms. The third-order valence-corrected chi connectivity index (χ3v) is 4.08. The summed E-state index contributed by atoms with van der Waals surface area (Å²) in [5.41, 5.74) is 12.3. The summed E-state index contributed by atoms with van der Waals surface area (Å²) in [5, 5.41) is 0. The van der Waals surface area contributed by atoms with Crippen molar-refractivity contribution in [1.82, 2.24) is 4.90 Å². The molecule has 0 atom stereocenters. The largest absolute Gasteiger partial charge is 0.369 e. The highest BCUT2D eigenvalue weighted by atomic mass is 16.2. The summed E-state index contributed by atoms with van der Waals surface area (Å²) < 4.78 is 0. The monoisotopic (exact) mass is 386 g/mol. The van der Waals surface area contributed by atoms with Crippen LogP contribution in [0.5, 0.6) is 0 Å². The van der Waals surface area contributed by atoms with Crippen LogP contribution < -0.4 is 11.5 Å². The topological polar surface area (TPSA) is 119 Å². The van der Waals surface area contributed by atoms with Gasteiger partial charge in [0.15, 0.2) is 0 Å². The average molecular weight is 386 g/mol. The van der Waals surface area contributed by atoms with Gasteiger partial charge in [0.05, 0.1) is 11.3 Å². The van der Waals surface area contributed by atoms with Crippen molar-refractivity contribution in [2.24, 2.45) is 16.5 Å². The van der Waals surface area contributed by atoms with Crippen molar-refractivity contribution in [3.63, 3.8) is 0 Å². The zero-order chi connectivity index (χ0) is 20.8. The molecule has 3 rings (SSSR count). The second kappa shape index (κ2) is 8.62. The van der Waals surface area contributed by atoms with Crippen LogP contribution >= 0.6 is 0 Å². The summed E-state index contributed by atoms with van der Waals surface area (Å²) in [6.45, 7) is 0. The Labute approximate surface area is 167 Å². The van der Waals surface area contributed by atoms with Gasteiger partial charge < -0.3 is 11.5 Å². The summed E-state index contributed by atoms with van der Waals surface area (Å²) >= 11 is 0. The number of hydrogen-bond donors (Lipinski definition) is 2. The lowest BCUT2D eigenvalue weighted by Crippen LogP contribution is -2.46. The van der Waals surface area contributed by atoms with E-state index in [9.17, 15) is 14.4 Å². The van der Waals surface area contributed by atoms with Crippen LogP contribution in [-0.2, 0) is 0 Å². The molecule has 29 heavy (non-hydrogen) atoms. The van der Waals surface area contributed by atoms with E-state index in [1.54, 1.807) is 72.8 Å². The van der Waals surface area contributed by atoms with Crippen LogP contribution in [0.25, 0.3) is 0 Å². The van der Waals surface area contributed by atoms with Gasteiger partial charge in [0, 0.05) is 11.1 Å². The van der Waals surface area contributed by atoms with Crippen LogP contribution in [0, 0.1) is 0 Å². The fraction of sp³-hybridized carbons (Fsp3) is 0. The van der Waals surface area contributed by atoms with Crippen molar-refractivity contribution in [3.05, 3.63) is 102 Å². The molecule has 0 saturated carbocycles. The number of para-hydroxylation sites is 1. The van der Waals surface area contributed by atoms with Crippen LogP contribution in [-0.4, -0.2) is 28.6 Å². The molecule has 0 radical (unpaired) electrons. The van der Waals surface area contributed by atoms with E-state index in [-0.39, 0.29) is 28.3 Å². The molecular formula is C22H18N4O3. The number of benzene rings is 3. The lowest BCUT2D eigenvalue weighted by atomic mass is 10.1. The van der Waals surface area contributed by atoms with Crippen LogP contribution in [0.2, 0.25) is 0 Å². The molecular weight excluding hydrogens is 368 g/mol. The molecule has 3 amide bonds. The van der Waals surface area contributed by atoms with Gasteiger partial charge in [-0.25, -0.2) is 9.89 Å². The normalized spacial score (nSPS) is 11.0. The zero-order valence-corrected chi connectivity index (χ0v) is 15.4. The predicted molar refractivity (Wildman–Crippen MR) is 110 cm³/mol. The highest BCUT2D eigenvalue weighted by Gasteiger charge is 2.28. The number of amides is 3. The standard InChI is InChI=1S/C22H18N4O3/c23-19(27)17-13-7-8-14-18(17)25-22(24)26(20(28)15-9-3-1-4-10-15)21(29)16-11-5-2-6-12-16/h1-14H,(H2,23,27)(H2,24,25). The fourth-order valence-corrected chi connectivity index (χ4v) is 2.67.